The summed E-state index contributed by atoms with van der Waals surface area (Å²) in [4.78, 5) is 23.2. The van der Waals surface area contributed by atoms with Gasteiger partial charge in [-0.25, -0.2) is 4.79 Å². The Morgan fingerprint density at radius 2 is 2.06 bits per heavy atom. The number of nitrogens with one attached hydrogen (secondary N) is 1. The summed E-state index contributed by atoms with van der Waals surface area (Å²) >= 11 is 0. The lowest BCUT2D eigenvalue weighted by Crippen LogP contribution is -2.54. The molecule has 0 bridgehead atoms. The molecule has 6 nitrogen and oxygen atoms in total. The number of aryl methyl sites for hydroxylation is 1. The number of carbonyl (C=O) groups is 2. The third-order valence-corrected chi connectivity index (χ3v) is 3.02. The number of amides is 1. The molecule has 0 aliphatic rings. The molecule has 0 aromatic carbocycles. The Labute approximate surface area is 99.6 Å². The second-order valence-electron chi connectivity index (χ2n) is 3.89. The van der Waals surface area contributed by atoms with Crippen LogP contribution in [0, 0.1) is 0 Å². The van der Waals surface area contributed by atoms with Crippen LogP contribution >= 0.6 is 0 Å². The molecule has 1 heterocycles. The summed E-state index contributed by atoms with van der Waals surface area (Å²) in [6, 6.07) is 1.55. The van der Waals surface area contributed by atoms with Gasteiger partial charge in [-0.2, -0.15) is 5.10 Å². The van der Waals surface area contributed by atoms with Gasteiger partial charge in [0, 0.05) is 13.2 Å². The standard InChI is InChI=1S/C11H17N3O3/c1-4-11(5-2,10(16)17)13-9(15)8-6-7-12-14(8)3/h6-7H,4-5H2,1-3H3,(H,13,15)(H,16,17). The number of rotatable bonds is 5. The van der Waals surface area contributed by atoms with Gasteiger partial charge in [0.1, 0.15) is 11.2 Å². The van der Waals surface area contributed by atoms with Crippen molar-refractivity contribution in [1.82, 2.24) is 15.1 Å². The molecule has 17 heavy (non-hydrogen) atoms. The van der Waals surface area contributed by atoms with Crippen LogP contribution in [0.15, 0.2) is 12.3 Å². The van der Waals surface area contributed by atoms with Gasteiger partial charge in [0.25, 0.3) is 5.91 Å². The van der Waals surface area contributed by atoms with Crippen LogP contribution in [0.5, 0.6) is 0 Å². The molecule has 0 spiro atoms. The molecule has 0 aliphatic heterocycles. The zero-order valence-electron chi connectivity index (χ0n) is 10.2. The first-order valence-electron chi connectivity index (χ1n) is 5.50. The molecule has 1 amide bonds. The first-order valence-corrected chi connectivity index (χ1v) is 5.50. The molecule has 1 aromatic rings. The van der Waals surface area contributed by atoms with E-state index in [0.29, 0.717) is 18.5 Å². The summed E-state index contributed by atoms with van der Waals surface area (Å²) < 4.78 is 1.41. The van der Waals surface area contributed by atoms with E-state index >= 15 is 0 Å². The minimum Gasteiger partial charge on any atom is -0.480 e. The number of hydrogen-bond donors (Lipinski definition) is 2. The fourth-order valence-corrected chi connectivity index (χ4v) is 1.66. The summed E-state index contributed by atoms with van der Waals surface area (Å²) in [5.74, 6) is -1.44. The van der Waals surface area contributed by atoms with Gasteiger partial charge in [-0.05, 0) is 18.9 Å². The smallest absolute Gasteiger partial charge is 0.329 e. The Balaban J connectivity index is 2.93. The van der Waals surface area contributed by atoms with Gasteiger partial charge in [0.15, 0.2) is 0 Å². The third kappa shape index (κ3) is 2.46. The van der Waals surface area contributed by atoms with Crippen LogP contribution in [0.4, 0.5) is 0 Å². The average molecular weight is 239 g/mol. The Bertz CT molecular complexity index is 421. The van der Waals surface area contributed by atoms with Crippen molar-refractivity contribution in [3.05, 3.63) is 18.0 Å². The number of aliphatic carboxylic acids is 1. The SMILES string of the molecule is CCC(CC)(NC(=O)c1ccnn1C)C(=O)O. The molecule has 94 valence electrons. The first-order chi connectivity index (χ1) is 7.96. The van der Waals surface area contributed by atoms with E-state index < -0.39 is 17.4 Å². The minimum atomic E-state index is -1.21. The van der Waals surface area contributed by atoms with Gasteiger partial charge >= 0.3 is 5.97 Å². The quantitative estimate of drug-likeness (QED) is 0.795. The van der Waals surface area contributed by atoms with Gasteiger partial charge in [-0.3, -0.25) is 9.48 Å². The molecule has 1 aromatic heterocycles. The Hall–Kier alpha value is -1.85. The molecule has 0 fully saturated rings. The van der Waals surface area contributed by atoms with Crippen molar-refractivity contribution < 1.29 is 14.7 Å². The second kappa shape index (κ2) is 4.99. The summed E-state index contributed by atoms with van der Waals surface area (Å²) in [6.45, 7) is 3.47. The number of carboxylic acids is 1. The third-order valence-electron chi connectivity index (χ3n) is 3.02. The molecular formula is C11H17N3O3. The zero-order chi connectivity index (χ0) is 13.1. The number of aromatic nitrogens is 2. The fourth-order valence-electron chi connectivity index (χ4n) is 1.66. The first kappa shape index (κ1) is 13.2. The van der Waals surface area contributed by atoms with E-state index in [-0.39, 0.29) is 0 Å². The highest BCUT2D eigenvalue weighted by atomic mass is 16.4. The van der Waals surface area contributed by atoms with Gasteiger partial charge in [0.2, 0.25) is 0 Å². The van der Waals surface area contributed by atoms with E-state index in [2.05, 4.69) is 10.4 Å². The van der Waals surface area contributed by atoms with E-state index in [1.54, 1.807) is 27.0 Å². The van der Waals surface area contributed by atoms with Crippen LogP contribution in [0.25, 0.3) is 0 Å². The number of carboxylic acid groups (broad SMARTS) is 1. The molecule has 0 unspecified atom stereocenters. The van der Waals surface area contributed by atoms with Crippen LogP contribution < -0.4 is 5.32 Å². The lowest BCUT2D eigenvalue weighted by molar-refractivity contribution is -0.144. The number of carbonyl (C=O) groups excluding carboxylic acids is 1. The lowest BCUT2D eigenvalue weighted by atomic mass is 9.93. The van der Waals surface area contributed by atoms with Gasteiger partial charge in [-0.15, -0.1) is 0 Å². The van der Waals surface area contributed by atoms with Crippen molar-refractivity contribution in [2.45, 2.75) is 32.2 Å². The fraction of sp³-hybridized carbons (Fsp3) is 0.545. The second-order valence-corrected chi connectivity index (χ2v) is 3.89. The Morgan fingerprint density at radius 3 is 2.41 bits per heavy atom. The maximum Gasteiger partial charge on any atom is 0.329 e. The minimum absolute atomic E-state index is 0.336. The lowest BCUT2D eigenvalue weighted by Gasteiger charge is -2.27. The normalized spacial score (nSPS) is 11.2. The van der Waals surface area contributed by atoms with E-state index in [1.165, 1.54) is 10.9 Å². The Kier molecular flexibility index (Phi) is 3.88. The molecule has 1 rings (SSSR count). The predicted molar refractivity (Wildman–Crippen MR) is 61.6 cm³/mol. The van der Waals surface area contributed by atoms with Crippen LogP contribution in [-0.4, -0.2) is 32.3 Å². The van der Waals surface area contributed by atoms with Crippen molar-refractivity contribution >= 4 is 11.9 Å². The van der Waals surface area contributed by atoms with Crippen LogP contribution in [0.3, 0.4) is 0 Å². The van der Waals surface area contributed by atoms with Crippen molar-refractivity contribution in [3.63, 3.8) is 0 Å². The predicted octanol–water partition coefficient (Wildman–Crippen LogP) is 0.793. The molecule has 0 atom stereocenters. The monoisotopic (exact) mass is 239 g/mol. The van der Waals surface area contributed by atoms with E-state index in [9.17, 15) is 14.7 Å². The molecule has 0 saturated heterocycles. The zero-order valence-corrected chi connectivity index (χ0v) is 10.2. The van der Waals surface area contributed by atoms with Crippen molar-refractivity contribution in [1.29, 1.82) is 0 Å². The molecular weight excluding hydrogens is 222 g/mol. The van der Waals surface area contributed by atoms with Gasteiger partial charge < -0.3 is 10.4 Å². The van der Waals surface area contributed by atoms with E-state index in [4.69, 9.17) is 0 Å². The van der Waals surface area contributed by atoms with E-state index in [0.717, 1.165) is 0 Å². The van der Waals surface area contributed by atoms with Crippen LogP contribution in [0.1, 0.15) is 37.2 Å². The average Bonchev–Trinajstić information content (AvgIpc) is 2.72. The topological polar surface area (TPSA) is 84.2 Å². The molecule has 0 radical (unpaired) electrons. The van der Waals surface area contributed by atoms with E-state index in [1.807, 2.05) is 0 Å². The highest BCUT2D eigenvalue weighted by Gasteiger charge is 2.37. The van der Waals surface area contributed by atoms with Crippen molar-refractivity contribution in [2.75, 3.05) is 0 Å². The van der Waals surface area contributed by atoms with Gasteiger partial charge in [-0.1, -0.05) is 13.8 Å². The number of hydrogen-bond acceptors (Lipinski definition) is 3. The Morgan fingerprint density at radius 1 is 1.47 bits per heavy atom. The molecule has 0 saturated carbocycles. The van der Waals surface area contributed by atoms with Gasteiger partial charge in [0.05, 0.1) is 0 Å². The molecule has 6 heteroatoms. The largest absolute Gasteiger partial charge is 0.480 e. The highest BCUT2D eigenvalue weighted by molar-refractivity contribution is 5.96. The van der Waals surface area contributed by atoms with Crippen molar-refractivity contribution in [3.8, 4) is 0 Å². The highest BCUT2D eigenvalue weighted by Crippen LogP contribution is 2.16. The summed E-state index contributed by atoms with van der Waals surface area (Å²) in [6.07, 6.45) is 2.17. The summed E-state index contributed by atoms with van der Waals surface area (Å²) in [5, 5.41) is 15.6. The number of nitrogens with zero attached hydrogens (tertiary/aromatic N) is 2. The maximum absolute atomic E-state index is 11.9. The molecule has 0 aliphatic carbocycles. The maximum atomic E-state index is 11.9. The van der Waals surface area contributed by atoms with Crippen LogP contribution in [0.2, 0.25) is 0 Å². The molecule has 2 N–H and O–H groups in total. The summed E-state index contributed by atoms with van der Waals surface area (Å²) in [7, 11) is 1.63. The van der Waals surface area contributed by atoms with Crippen LogP contribution in [-0.2, 0) is 11.8 Å². The summed E-state index contributed by atoms with van der Waals surface area (Å²) in [5.41, 5.74) is -0.862. The van der Waals surface area contributed by atoms with Crippen molar-refractivity contribution in [2.24, 2.45) is 7.05 Å².